The van der Waals surface area contributed by atoms with Gasteiger partial charge in [-0.15, -0.1) is 0 Å². The molecule has 0 aliphatic carbocycles. The van der Waals surface area contributed by atoms with Crippen molar-refractivity contribution in [3.05, 3.63) is 53.6 Å². The summed E-state index contributed by atoms with van der Waals surface area (Å²) in [6.45, 7) is 3.47. The maximum absolute atomic E-state index is 12.7. The number of carbonyl (C=O) groups excluding carboxylic acids is 1. The largest absolute Gasteiger partial charge is 0.493 e. The lowest BCUT2D eigenvalue weighted by molar-refractivity contribution is -0.121. The lowest BCUT2D eigenvalue weighted by Gasteiger charge is -2.26. The van der Waals surface area contributed by atoms with Crippen LogP contribution in [0, 0.1) is 0 Å². The number of hydrogen-bond donors (Lipinski definition) is 1. The molecule has 0 spiro atoms. The highest BCUT2D eigenvalue weighted by molar-refractivity contribution is 7.89. The molecular weight excluding hydrogens is 458 g/mol. The summed E-state index contributed by atoms with van der Waals surface area (Å²) in [7, 11) is -0.389. The number of ether oxygens (including phenoxy) is 3. The first-order chi connectivity index (χ1) is 16.4. The molecule has 34 heavy (non-hydrogen) atoms. The van der Waals surface area contributed by atoms with Gasteiger partial charge in [0.25, 0.3) is 0 Å². The summed E-state index contributed by atoms with van der Waals surface area (Å²) < 4.78 is 42.7. The first kappa shape index (κ1) is 25.7. The van der Waals surface area contributed by atoms with Gasteiger partial charge in [-0.05, 0) is 48.7 Å². The molecule has 1 amide bonds. The minimum Gasteiger partial charge on any atom is -0.493 e. The highest BCUT2D eigenvalue weighted by atomic mass is 32.2. The summed E-state index contributed by atoms with van der Waals surface area (Å²) >= 11 is 0. The molecule has 1 heterocycles. The monoisotopic (exact) mass is 489 g/mol. The number of methoxy groups -OCH3 is 2. The first-order valence-electron chi connectivity index (χ1n) is 11.1. The standard InChI is InChI=1S/C24H31N3O6S/c1-4-21(19-8-11-22(31-2)23(17-19)32-3)25-26-24(28)12-7-18-5-9-20(10-6-18)34(29,30)27-13-15-33-16-14-27/h5-6,8-11,17H,4,7,12-16H2,1-3H3,(H,26,28)/b25-21+. The summed E-state index contributed by atoms with van der Waals surface area (Å²) in [5.41, 5.74) is 5.03. The molecule has 0 saturated carbocycles. The molecule has 0 aromatic heterocycles. The van der Waals surface area contributed by atoms with E-state index in [9.17, 15) is 13.2 Å². The van der Waals surface area contributed by atoms with Crippen molar-refractivity contribution in [3.8, 4) is 11.5 Å². The third-order valence-corrected chi connectivity index (χ3v) is 7.45. The van der Waals surface area contributed by atoms with Gasteiger partial charge in [0.2, 0.25) is 15.9 Å². The molecule has 0 unspecified atom stereocenters. The van der Waals surface area contributed by atoms with Gasteiger partial charge < -0.3 is 14.2 Å². The average molecular weight is 490 g/mol. The van der Waals surface area contributed by atoms with Crippen molar-refractivity contribution in [2.75, 3.05) is 40.5 Å². The fourth-order valence-electron chi connectivity index (χ4n) is 3.57. The Kier molecular flexibility index (Phi) is 9.03. The van der Waals surface area contributed by atoms with Crippen LogP contribution < -0.4 is 14.9 Å². The van der Waals surface area contributed by atoms with Crippen LogP contribution in [-0.4, -0.2) is 64.9 Å². The number of carbonyl (C=O) groups is 1. The lowest BCUT2D eigenvalue weighted by Crippen LogP contribution is -2.40. The molecule has 1 fully saturated rings. The highest BCUT2D eigenvalue weighted by Gasteiger charge is 2.26. The van der Waals surface area contributed by atoms with Gasteiger partial charge in [0.1, 0.15) is 0 Å². The molecule has 0 atom stereocenters. The van der Waals surface area contributed by atoms with Crippen LogP contribution in [0.5, 0.6) is 11.5 Å². The number of nitrogens with zero attached hydrogens (tertiary/aromatic N) is 2. The number of morpholine rings is 1. The molecule has 9 nitrogen and oxygen atoms in total. The zero-order valence-electron chi connectivity index (χ0n) is 19.7. The Balaban J connectivity index is 1.57. The number of benzene rings is 2. The third-order valence-electron chi connectivity index (χ3n) is 5.54. The predicted octanol–water partition coefficient (Wildman–Crippen LogP) is 2.59. The summed E-state index contributed by atoms with van der Waals surface area (Å²) in [6, 6.07) is 12.1. The second-order valence-electron chi connectivity index (χ2n) is 7.68. The van der Waals surface area contributed by atoms with Gasteiger partial charge in [0.05, 0.1) is 38.0 Å². The van der Waals surface area contributed by atoms with Gasteiger partial charge in [0.15, 0.2) is 11.5 Å². The van der Waals surface area contributed by atoms with E-state index in [0.29, 0.717) is 56.4 Å². The first-order valence-corrected chi connectivity index (χ1v) is 12.6. The van der Waals surface area contributed by atoms with E-state index in [2.05, 4.69) is 10.5 Å². The smallest absolute Gasteiger partial charge is 0.243 e. The van der Waals surface area contributed by atoms with Crippen LogP contribution in [-0.2, 0) is 26.0 Å². The van der Waals surface area contributed by atoms with Crippen LogP contribution in [0.1, 0.15) is 30.9 Å². The predicted molar refractivity (Wildman–Crippen MR) is 129 cm³/mol. The van der Waals surface area contributed by atoms with Crippen LogP contribution in [0.2, 0.25) is 0 Å². The van der Waals surface area contributed by atoms with E-state index in [4.69, 9.17) is 14.2 Å². The Morgan fingerprint density at radius 3 is 2.35 bits per heavy atom. The number of hydrogen-bond acceptors (Lipinski definition) is 7. The van der Waals surface area contributed by atoms with Gasteiger partial charge >= 0.3 is 0 Å². The quantitative estimate of drug-likeness (QED) is 0.406. The third kappa shape index (κ3) is 6.34. The molecule has 2 aromatic carbocycles. The normalized spacial score (nSPS) is 15.1. The van der Waals surface area contributed by atoms with Gasteiger partial charge in [0, 0.05) is 25.1 Å². The van der Waals surface area contributed by atoms with Crippen molar-refractivity contribution in [2.45, 2.75) is 31.1 Å². The molecule has 3 rings (SSSR count). The second-order valence-corrected chi connectivity index (χ2v) is 9.62. The van der Waals surface area contributed by atoms with Crippen molar-refractivity contribution in [2.24, 2.45) is 5.10 Å². The zero-order valence-corrected chi connectivity index (χ0v) is 20.6. The molecule has 184 valence electrons. The van der Waals surface area contributed by atoms with Crippen molar-refractivity contribution in [3.63, 3.8) is 0 Å². The van der Waals surface area contributed by atoms with Crippen LogP contribution in [0.25, 0.3) is 0 Å². The summed E-state index contributed by atoms with van der Waals surface area (Å²) in [6.07, 6.45) is 1.31. The van der Waals surface area contributed by atoms with Crippen molar-refractivity contribution in [1.29, 1.82) is 0 Å². The Labute approximate surface area is 200 Å². The number of hydrazone groups is 1. The molecule has 1 aliphatic rings. The van der Waals surface area contributed by atoms with E-state index in [1.165, 1.54) is 4.31 Å². The van der Waals surface area contributed by atoms with Crippen LogP contribution in [0.15, 0.2) is 52.5 Å². The van der Waals surface area contributed by atoms with E-state index >= 15 is 0 Å². The highest BCUT2D eigenvalue weighted by Crippen LogP contribution is 2.28. The Morgan fingerprint density at radius 1 is 1.06 bits per heavy atom. The molecule has 10 heteroatoms. The minimum atomic E-state index is -3.53. The number of aryl methyl sites for hydroxylation is 1. The van der Waals surface area contributed by atoms with Crippen LogP contribution in [0.3, 0.4) is 0 Å². The number of nitrogens with one attached hydrogen (secondary N) is 1. The molecular formula is C24H31N3O6S. The number of sulfonamides is 1. The molecule has 0 radical (unpaired) electrons. The Morgan fingerprint density at radius 2 is 1.74 bits per heavy atom. The van der Waals surface area contributed by atoms with Gasteiger partial charge in [-0.2, -0.15) is 9.41 Å². The Bertz CT molecular complexity index is 1110. The Hall–Kier alpha value is -2.95. The molecule has 1 aliphatic heterocycles. The van der Waals surface area contributed by atoms with E-state index in [1.54, 1.807) is 44.6 Å². The van der Waals surface area contributed by atoms with E-state index in [-0.39, 0.29) is 17.2 Å². The van der Waals surface area contributed by atoms with E-state index in [1.807, 2.05) is 19.1 Å². The average Bonchev–Trinajstić information content (AvgIpc) is 2.88. The zero-order chi connectivity index (χ0) is 24.6. The minimum absolute atomic E-state index is 0.224. The fraction of sp³-hybridized carbons (Fsp3) is 0.417. The van der Waals surface area contributed by atoms with Crippen LogP contribution >= 0.6 is 0 Å². The van der Waals surface area contributed by atoms with Crippen molar-refractivity contribution in [1.82, 2.24) is 9.73 Å². The van der Waals surface area contributed by atoms with Gasteiger partial charge in [-0.25, -0.2) is 13.8 Å². The SMILES string of the molecule is CC/C(=N\NC(=O)CCc1ccc(S(=O)(=O)N2CCOCC2)cc1)c1ccc(OC)c(OC)c1. The summed E-state index contributed by atoms with van der Waals surface area (Å²) in [4.78, 5) is 12.6. The summed E-state index contributed by atoms with van der Waals surface area (Å²) in [5.74, 6) is 0.984. The van der Waals surface area contributed by atoms with E-state index < -0.39 is 10.0 Å². The molecule has 1 saturated heterocycles. The lowest BCUT2D eigenvalue weighted by atomic mass is 10.1. The molecule has 2 aromatic rings. The van der Waals surface area contributed by atoms with Crippen molar-refractivity contribution < 1.29 is 27.4 Å². The second kappa shape index (κ2) is 12.0. The maximum atomic E-state index is 12.7. The van der Waals surface area contributed by atoms with E-state index in [0.717, 1.165) is 11.1 Å². The number of rotatable bonds is 10. The van der Waals surface area contributed by atoms with Gasteiger partial charge in [-0.1, -0.05) is 19.1 Å². The number of amides is 1. The van der Waals surface area contributed by atoms with Crippen LogP contribution in [0.4, 0.5) is 0 Å². The molecule has 1 N–H and O–H groups in total. The fourth-order valence-corrected chi connectivity index (χ4v) is 4.98. The maximum Gasteiger partial charge on any atom is 0.243 e. The molecule has 0 bridgehead atoms. The summed E-state index contributed by atoms with van der Waals surface area (Å²) in [5, 5.41) is 4.28. The van der Waals surface area contributed by atoms with Crippen molar-refractivity contribution >= 4 is 21.6 Å². The topological polar surface area (TPSA) is 107 Å². The van der Waals surface area contributed by atoms with Gasteiger partial charge in [-0.3, -0.25) is 4.79 Å².